The van der Waals surface area contributed by atoms with Gasteiger partial charge in [-0.15, -0.1) is 0 Å². The van der Waals surface area contributed by atoms with Gasteiger partial charge in [0.05, 0.1) is 0 Å². The SMILES string of the molecule is Cc1nc(N)c(C(=O)N(C)c2cccc(F)c2)n1C. The second kappa shape index (κ2) is 4.72. The lowest BCUT2D eigenvalue weighted by Gasteiger charge is -2.18. The summed E-state index contributed by atoms with van der Waals surface area (Å²) in [5, 5.41) is 0. The van der Waals surface area contributed by atoms with E-state index < -0.39 is 5.82 Å². The van der Waals surface area contributed by atoms with E-state index in [4.69, 9.17) is 5.73 Å². The fraction of sp³-hybridized carbons (Fsp3) is 0.231. The Morgan fingerprint density at radius 1 is 1.47 bits per heavy atom. The zero-order chi connectivity index (χ0) is 14.2. The molecule has 1 heterocycles. The molecule has 0 atom stereocenters. The Hall–Kier alpha value is -2.37. The quantitative estimate of drug-likeness (QED) is 0.896. The summed E-state index contributed by atoms with van der Waals surface area (Å²) in [6, 6.07) is 5.81. The Labute approximate surface area is 110 Å². The van der Waals surface area contributed by atoms with Gasteiger partial charge >= 0.3 is 0 Å². The normalized spacial score (nSPS) is 10.5. The van der Waals surface area contributed by atoms with E-state index in [-0.39, 0.29) is 11.7 Å². The maximum Gasteiger partial charge on any atom is 0.278 e. The molecular weight excluding hydrogens is 247 g/mol. The van der Waals surface area contributed by atoms with Crippen LogP contribution in [0.2, 0.25) is 0 Å². The Morgan fingerprint density at radius 2 is 2.16 bits per heavy atom. The van der Waals surface area contributed by atoms with Crippen LogP contribution in [0.25, 0.3) is 0 Å². The summed E-state index contributed by atoms with van der Waals surface area (Å²) in [5.74, 6) is 0.0965. The fourth-order valence-corrected chi connectivity index (χ4v) is 1.85. The van der Waals surface area contributed by atoms with Gasteiger partial charge in [-0.1, -0.05) is 6.07 Å². The summed E-state index contributed by atoms with van der Waals surface area (Å²) in [5.41, 5.74) is 6.49. The number of nitrogens with zero attached hydrogens (tertiary/aromatic N) is 3. The number of aryl methyl sites for hydroxylation is 1. The molecule has 2 N–H and O–H groups in total. The maximum absolute atomic E-state index is 13.2. The zero-order valence-corrected chi connectivity index (χ0v) is 11.0. The van der Waals surface area contributed by atoms with Gasteiger partial charge in [-0.25, -0.2) is 9.37 Å². The first-order chi connectivity index (χ1) is 8.91. The highest BCUT2D eigenvalue weighted by molar-refractivity contribution is 6.07. The van der Waals surface area contributed by atoms with E-state index in [1.807, 2.05) is 0 Å². The van der Waals surface area contributed by atoms with E-state index in [9.17, 15) is 9.18 Å². The van der Waals surface area contributed by atoms with Crippen LogP contribution in [-0.4, -0.2) is 22.5 Å². The summed E-state index contributed by atoms with van der Waals surface area (Å²) in [7, 11) is 3.28. The van der Waals surface area contributed by atoms with Gasteiger partial charge in [0.25, 0.3) is 5.91 Å². The Kier molecular flexibility index (Phi) is 3.25. The van der Waals surface area contributed by atoms with Gasteiger partial charge in [0, 0.05) is 19.8 Å². The smallest absolute Gasteiger partial charge is 0.278 e. The molecule has 0 bridgehead atoms. The van der Waals surface area contributed by atoms with Gasteiger partial charge < -0.3 is 15.2 Å². The van der Waals surface area contributed by atoms with Gasteiger partial charge in [-0.3, -0.25) is 4.79 Å². The van der Waals surface area contributed by atoms with Gasteiger partial charge in [0.1, 0.15) is 11.6 Å². The Balaban J connectivity index is 2.39. The Morgan fingerprint density at radius 3 is 2.68 bits per heavy atom. The number of aromatic nitrogens is 2. The van der Waals surface area contributed by atoms with Crippen molar-refractivity contribution in [3.8, 4) is 0 Å². The van der Waals surface area contributed by atoms with Crippen LogP contribution in [0.3, 0.4) is 0 Å². The number of nitrogens with two attached hydrogens (primary N) is 1. The van der Waals surface area contributed by atoms with Gasteiger partial charge in [0.15, 0.2) is 11.5 Å². The molecule has 100 valence electrons. The second-order valence-electron chi connectivity index (χ2n) is 4.30. The van der Waals surface area contributed by atoms with E-state index >= 15 is 0 Å². The Bertz CT molecular complexity index is 636. The van der Waals surface area contributed by atoms with Crippen molar-refractivity contribution in [3.63, 3.8) is 0 Å². The number of amides is 1. The van der Waals surface area contributed by atoms with Gasteiger partial charge in [0.2, 0.25) is 0 Å². The lowest BCUT2D eigenvalue weighted by atomic mass is 10.2. The average Bonchev–Trinajstić information content (AvgIpc) is 2.61. The number of rotatable bonds is 2. The first-order valence-corrected chi connectivity index (χ1v) is 5.74. The van der Waals surface area contributed by atoms with Crippen molar-refractivity contribution in [1.29, 1.82) is 0 Å². The predicted octanol–water partition coefficient (Wildman–Crippen LogP) is 1.73. The lowest BCUT2D eigenvalue weighted by molar-refractivity contribution is 0.0986. The third-order valence-corrected chi connectivity index (χ3v) is 3.05. The highest BCUT2D eigenvalue weighted by Gasteiger charge is 2.22. The number of nitrogen functional groups attached to an aromatic ring is 1. The largest absolute Gasteiger partial charge is 0.382 e. The molecule has 0 radical (unpaired) electrons. The van der Waals surface area contributed by atoms with E-state index in [0.29, 0.717) is 17.2 Å². The lowest BCUT2D eigenvalue weighted by Crippen LogP contribution is -2.29. The molecule has 2 aromatic rings. The molecule has 0 spiro atoms. The minimum Gasteiger partial charge on any atom is -0.382 e. The first-order valence-electron chi connectivity index (χ1n) is 5.74. The van der Waals surface area contributed by atoms with Gasteiger partial charge in [-0.05, 0) is 25.1 Å². The molecule has 1 aromatic carbocycles. The van der Waals surface area contributed by atoms with Crippen LogP contribution >= 0.6 is 0 Å². The molecule has 2 rings (SSSR count). The minimum atomic E-state index is -0.397. The molecule has 1 aromatic heterocycles. The van der Waals surface area contributed by atoms with Crippen LogP contribution in [-0.2, 0) is 7.05 Å². The average molecular weight is 262 g/mol. The second-order valence-corrected chi connectivity index (χ2v) is 4.30. The van der Waals surface area contributed by atoms with Crippen LogP contribution in [0.15, 0.2) is 24.3 Å². The summed E-state index contributed by atoms with van der Waals surface area (Å²) in [6.45, 7) is 1.76. The molecule has 0 aliphatic heterocycles. The number of hydrogen-bond acceptors (Lipinski definition) is 3. The first kappa shape index (κ1) is 13.1. The number of carbonyl (C=O) groups is 1. The summed E-state index contributed by atoms with van der Waals surface area (Å²) >= 11 is 0. The monoisotopic (exact) mass is 262 g/mol. The van der Waals surface area contributed by atoms with Crippen molar-refractivity contribution in [2.45, 2.75) is 6.92 Å². The van der Waals surface area contributed by atoms with Gasteiger partial charge in [-0.2, -0.15) is 0 Å². The highest BCUT2D eigenvalue weighted by atomic mass is 19.1. The molecule has 6 heteroatoms. The van der Waals surface area contributed by atoms with Crippen molar-refractivity contribution in [2.75, 3.05) is 17.7 Å². The van der Waals surface area contributed by atoms with E-state index in [1.54, 1.807) is 37.7 Å². The van der Waals surface area contributed by atoms with Crippen LogP contribution in [0, 0.1) is 12.7 Å². The number of carbonyl (C=O) groups excluding carboxylic acids is 1. The molecule has 1 amide bonds. The molecule has 0 saturated heterocycles. The number of imidazole rings is 1. The van der Waals surface area contributed by atoms with Crippen LogP contribution in [0.1, 0.15) is 16.3 Å². The standard InChI is InChI=1S/C13H15FN4O/c1-8-16-12(15)11(17(8)2)13(19)18(3)10-6-4-5-9(14)7-10/h4-7H,15H2,1-3H3. The van der Waals surface area contributed by atoms with Crippen LogP contribution < -0.4 is 10.6 Å². The predicted molar refractivity (Wildman–Crippen MR) is 71.5 cm³/mol. The number of benzene rings is 1. The number of halogens is 1. The van der Waals surface area contributed by atoms with E-state index in [2.05, 4.69) is 4.98 Å². The third-order valence-electron chi connectivity index (χ3n) is 3.05. The molecule has 0 aliphatic carbocycles. The highest BCUT2D eigenvalue weighted by Crippen LogP contribution is 2.19. The van der Waals surface area contributed by atoms with Crippen molar-refractivity contribution < 1.29 is 9.18 Å². The maximum atomic E-state index is 13.2. The number of hydrogen-bond donors (Lipinski definition) is 1. The fourth-order valence-electron chi connectivity index (χ4n) is 1.85. The van der Waals surface area contributed by atoms with Crippen molar-refractivity contribution in [1.82, 2.24) is 9.55 Å². The molecule has 0 fully saturated rings. The summed E-state index contributed by atoms with van der Waals surface area (Å²) in [4.78, 5) is 17.8. The minimum absolute atomic E-state index is 0.174. The molecule has 0 aliphatic rings. The van der Waals surface area contributed by atoms with E-state index in [0.717, 1.165) is 0 Å². The summed E-state index contributed by atoms with van der Waals surface area (Å²) < 4.78 is 14.8. The van der Waals surface area contributed by atoms with E-state index in [1.165, 1.54) is 17.0 Å². The topological polar surface area (TPSA) is 64.2 Å². The van der Waals surface area contributed by atoms with Crippen molar-refractivity contribution >= 4 is 17.4 Å². The van der Waals surface area contributed by atoms with Crippen molar-refractivity contribution in [3.05, 3.63) is 41.6 Å². The molecule has 19 heavy (non-hydrogen) atoms. The number of anilines is 2. The summed E-state index contributed by atoms with van der Waals surface area (Å²) in [6.07, 6.45) is 0. The molecule has 5 nitrogen and oxygen atoms in total. The molecule has 0 saturated carbocycles. The van der Waals surface area contributed by atoms with Crippen LogP contribution in [0.5, 0.6) is 0 Å². The molecular formula is C13H15FN4O. The molecule has 0 unspecified atom stereocenters. The third kappa shape index (κ3) is 2.29. The zero-order valence-electron chi connectivity index (χ0n) is 11.0. The van der Waals surface area contributed by atoms with Crippen molar-refractivity contribution in [2.24, 2.45) is 7.05 Å². The van der Waals surface area contributed by atoms with Crippen LogP contribution in [0.4, 0.5) is 15.9 Å².